The van der Waals surface area contributed by atoms with Gasteiger partial charge in [0.1, 0.15) is 0 Å². The van der Waals surface area contributed by atoms with Crippen molar-refractivity contribution in [2.24, 2.45) is 10.9 Å². The van der Waals surface area contributed by atoms with Crippen molar-refractivity contribution < 1.29 is 18.0 Å². The van der Waals surface area contributed by atoms with Crippen LogP contribution in [-0.4, -0.2) is 33.3 Å². The summed E-state index contributed by atoms with van der Waals surface area (Å²) in [6.07, 6.45) is 0. The van der Waals surface area contributed by atoms with Crippen molar-refractivity contribution in [2.75, 3.05) is 18.4 Å². The second-order valence-electron chi connectivity index (χ2n) is 4.03. The molecular formula is C11H16N4O4S. The zero-order chi connectivity index (χ0) is 15.2. The van der Waals surface area contributed by atoms with Crippen LogP contribution in [0.2, 0.25) is 0 Å². The number of hydrogen-bond donors (Lipinski definition) is 4. The maximum absolute atomic E-state index is 11.5. The van der Waals surface area contributed by atoms with Gasteiger partial charge in [-0.25, -0.2) is 13.6 Å². The Morgan fingerprint density at radius 2 is 1.70 bits per heavy atom. The SMILES string of the molecule is NCC(=O)NCC(=O)Nc1ccc(CS(N)(=O)=O)cc1. The van der Waals surface area contributed by atoms with E-state index < -0.39 is 21.8 Å². The Bertz CT molecular complexity index is 583. The molecule has 0 aliphatic rings. The molecule has 0 atom stereocenters. The fraction of sp³-hybridized carbons (Fsp3) is 0.273. The number of sulfonamides is 1. The van der Waals surface area contributed by atoms with Crippen LogP contribution >= 0.6 is 0 Å². The predicted octanol–water partition coefficient (Wildman–Crippen LogP) is -1.51. The molecule has 0 aromatic heterocycles. The molecule has 1 aromatic rings. The summed E-state index contributed by atoms with van der Waals surface area (Å²) in [5.74, 6) is -1.11. The first-order chi connectivity index (χ1) is 9.30. The molecule has 0 fully saturated rings. The van der Waals surface area contributed by atoms with Gasteiger partial charge >= 0.3 is 0 Å². The van der Waals surface area contributed by atoms with Crippen molar-refractivity contribution in [1.82, 2.24) is 5.32 Å². The summed E-state index contributed by atoms with van der Waals surface area (Å²) in [7, 11) is -3.58. The molecule has 1 aromatic carbocycles. The van der Waals surface area contributed by atoms with Crippen molar-refractivity contribution in [2.45, 2.75) is 5.75 Å². The summed E-state index contributed by atoms with van der Waals surface area (Å²) in [6, 6.07) is 6.17. The number of carbonyl (C=O) groups is 2. The third-order valence-corrected chi connectivity index (χ3v) is 2.97. The van der Waals surface area contributed by atoms with Crippen LogP contribution in [0.1, 0.15) is 5.56 Å². The van der Waals surface area contributed by atoms with Crippen molar-refractivity contribution in [3.05, 3.63) is 29.8 Å². The van der Waals surface area contributed by atoms with Crippen molar-refractivity contribution >= 4 is 27.5 Å². The highest BCUT2D eigenvalue weighted by atomic mass is 32.2. The molecule has 6 N–H and O–H groups in total. The highest BCUT2D eigenvalue weighted by molar-refractivity contribution is 7.88. The number of benzene rings is 1. The van der Waals surface area contributed by atoms with E-state index in [-0.39, 0.29) is 18.8 Å². The van der Waals surface area contributed by atoms with Gasteiger partial charge in [0.2, 0.25) is 21.8 Å². The van der Waals surface area contributed by atoms with Crippen LogP contribution in [0.3, 0.4) is 0 Å². The van der Waals surface area contributed by atoms with Crippen LogP contribution in [0.15, 0.2) is 24.3 Å². The topological polar surface area (TPSA) is 144 Å². The minimum absolute atomic E-state index is 0.185. The molecule has 0 aliphatic carbocycles. The summed E-state index contributed by atoms with van der Waals surface area (Å²) >= 11 is 0. The van der Waals surface area contributed by atoms with Crippen LogP contribution < -0.4 is 21.5 Å². The first kappa shape index (κ1) is 16.1. The smallest absolute Gasteiger partial charge is 0.243 e. The molecule has 0 aliphatic heterocycles. The second kappa shape index (κ2) is 6.98. The first-order valence-corrected chi connectivity index (χ1v) is 7.38. The van der Waals surface area contributed by atoms with Gasteiger partial charge in [0, 0.05) is 5.69 Å². The molecule has 0 saturated heterocycles. The van der Waals surface area contributed by atoms with Gasteiger partial charge in [0.15, 0.2) is 0 Å². The number of amides is 2. The lowest BCUT2D eigenvalue weighted by Gasteiger charge is -2.07. The zero-order valence-electron chi connectivity index (χ0n) is 10.6. The molecule has 0 heterocycles. The number of primary sulfonamides is 1. The third kappa shape index (κ3) is 6.27. The van der Waals surface area contributed by atoms with Crippen molar-refractivity contribution in [3.63, 3.8) is 0 Å². The molecule has 9 heteroatoms. The average molecular weight is 300 g/mol. The number of hydrogen-bond acceptors (Lipinski definition) is 5. The lowest BCUT2D eigenvalue weighted by atomic mass is 10.2. The van der Waals surface area contributed by atoms with Gasteiger partial charge in [-0.05, 0) is 17.7 Å². The largest absolute Gasteiger partial charge is 0.346 e. The maximum Gasteiger partial charge on any atom is 0.243 e. The third-order valence-electron chi connectivity index (χ3n) is 2.24. The monoisotopic (exact) mass is 300 g/mol. The van der Waals surface area contributed by atoms with Crippen LogP contribution in [0.5, 0.6) is 0 Å². The predicted molar refractivity (Wildman–Crippen MR) is 73.9 cm³/mol. The molecular weight excluding hydrogens is 284 g/mol. The van der Waals surface area contributed by atoms with Gasteiger partial charge in [-0.2, -0.15) is 0 Å². The Morgan fingerprint density at radius 3 is 2.20 bits per heavy atom. The molecule has 0 unspecified atom stereocenters. The van der Waals surface area contributed by atoms with Crippen LogP contribution in [-0.2, 0) is 25.4 Å². The summed E-state index contributed by atoms with van der Waals surface area (Å²) in [5.41, 5.74) is 6.07. The van der Waals surface area contributed by atoms with E-state index in [4.69, 9.17) is 10.9 Å². The fourth-order valence-corrected chi connectivity index (χ4v) is 2.03. The van der Waals surface area contributed by atoms with E-state index in [9.17, 15) is 18.0 Å². The van der Waals surface area contributed by atoms with Crippen LogP contribution in [0.4, 0.5) is 5.69 Å². The Hall–Kier alpha value is -1.97. The Labute approximate surface area is 116 Å². The maximum atomic E-state index is 11.5. The van der Waals surface area contributed by atoms with Gasteiger partial charge < -0.3 is 16.4 Å². The molecule has 2 amide bonds. The quantitative estimate of drug-likeness (QED) is 0.504. The zero-order valence-corrected chi connectivity index (χ0v) is 11.4. The molecule has 110 valence electrons. The van der Waals surface area contributed by atoms with Gasteiger partial charge in [-0.1, -0.05) is 12.1 Å². The van der Waals surface area contributed by atoms with Crippen LogP contribution in [0, 0.1) is 0 Å². The number of rotatable bonds is 6. The summed E-state index contributed by atoms with van der Waals surface area (Å²) in [6.45, 7) is -0.371. The molecule has 0 radical (unpaired) electrons. The lowest BCUT2D eigenvalue weighted by molar-refractivity contribution is -0.123. The van der Waals surface area contributed by atoms with Crippen molar-refractivity contribution in [1.29, 1.82) is 0 Å². The van der Waals surface area contributed by atoms with E-state index in [2.05, 4.69) is 10.6 Å². The molecule has 0 saturated carbocycles. The van der Waals surface area contributed by atoms with Gasteiger partial charge in [-0.15, -0.1) is 0 Å². The summed E-state index contributed by atoms with van der Waals surface area (Å²) < 4.78 is 21.8. The fourth-order valence-electron chi connectivity index (χ4n) is 1.37. The van der Waals surface area contributed by atoms with Crippen LogP contribution in [0.25, 0.3) is 0 Å². The summed E-state index contributed by atoms with van der Waals surface area (Å²) in [4.78, 5) is 22.3. The van der Waals surface area contributed by atoms with E-state index in [0.29, 0.717) is 11.3 Å². The minimum atomic E-state index is -3.58. The van der Waals surface area contributed by atoms with E-state index in [1.54, 1.807) is 24.3 Å². The molecule has 8 nitrogen and oxygen atoms in total. The number of anilines is 1. The Morgan fingerprint density at radius 1 is 1.10 bits per heavy atom. The Balaban J connectivity index is 2.53. The Kier molecular flexibility index (Phi) is 5.62. The molecule has 0 bridgehead atoms. The van der Waals surface area contributed by atoms with E-state index in [1.165, 1.54) is 0 Å². The number of nitrogens with one attached hydrogen (secondary N) is 2. The number of nitrogens with two attached hydrogens (primary N) is 2. The molecule has 20 heavy (non-hydrogen) atoms. The normalized spacial score (nSPS) is 10.9. The second-order valence-corrected chi connectivity index (χ2v) is 5.65. The van der Waals surface area contributed by atoms with Crippen molar-refractivity contribution in [3.8, 4) is 0 Å². The van der Waals surface area contributed by atoms with Gasteiger partial charge in [0.25, 0.3) is 0 Å². The van der Waals surface area contributed by atoms with Gasteiger partial charge in [-0.3, -0.25) is 9.59 Å². The highest BCUT2D eigenvalue weighted by Crippen LogP contribution is 2.10. The lowest BCUT2D eigenvalue weighted by Crippen LogP contribution is -2.36. The van der Waals surface area contributed by atoms with Gasteiger partial charge in [0.05, 0.1) is 18.8 Å². The minimum Gasteiger partial charge on any atom is -0.346 e. The standard InChI is InChI=1S/C11H16N4O4S/c12-5-10(16)14-6-11(17)15-9-3-1-8(2-4-9)7-20(13,18)19/h1-4H,5-7,12H2,(H,14,16)(H,15,17)(H2,13,18,19). The molecule has 0 spiro atoms. The van der Waals surface area contributed by atoms with E-state index >= 15 is 0 Å². The average Bonchev–Trinajstić information content (AvgIpc) is 2.36. The van der Waals surface area contributed by atoms with E-state index in [0.717, 1.165) is 0 Å². The summed E-state index contributed by atoms with van der Waals surface area (Å²) in [5, 5.41) is 9.78. The van der Waals surface area contributed by atoms with E-state index in [1.807, 2.05) is 0 Å². The molecule has 1 rings (SSSR count). The highest BCUT2D eigenvalue weighted by Gasteiger charge is 2.07. The first-order valence-electron chi connectivity index (χ1n) is 5.66. The number of carbonyl (C=O) groups excluding carboxylic acids is 2.